The Kier molecular flexibility index (Phi) is 3.14. The second-order valence-electron chi connectivity index (χ2n) is 3.99. The summed E-state index contributed by atoms with van der Waals surface area (Å²) in [6.45, 7) is 1.62. The van der Waals surface area contributed by atoms with E-state index in [0.717, 1.165) is 23.0 Å². The predicted molar refractivity (Wildman–Crippen MR) is 62.2 cm³/mol. The monoisotopic (exact) mass is 260 g/mol. The Labute approximate surface area is 101 Å². The zero-order valence-corrected chi connectivity index (χ0v) is 9.90. The van der Waals surface area contributed by atoms with E-state index in [-0.39, 0.29) is 4.70 Å². The Bertz CT molecular complexity index is 528. The van der Waals surface area contributed by atoms with Crippen LogP contribution in [0.15, 0.2) is 23.6 Å². The van der Waals surface area contributed by atoms with Crippen molar-refractivity contribution in [1.29, 1.82) is 0 Å². The minimum absolute atomic E-state index is 0.246. The Hall–Kier alpha value is -1.07. The summed E-state index contributed by atoms with van der Waals surface area (Å²) in [4.78, 5) is 0. The van der Waals surface area contributed by atoms with Crippen LogP contribution in [0.3, 0.4) is 0 Å². The quantitative estimate of drug-likeness (QED) is 0.869. The third-order valence-electron chi connectivity index (χ3n) is 2.50. The number of alkyl halides is 3. The normalized spacial score (nSPS) is 14.2. The summed E-state index contributed by atoms with van der Waals surface area (Å²) in [6, 6.07) is 4.16. The average Bonchev–Trinajstić information content (AvgIpc) is 2.59. The second-order valence-corrected chi connectivity index (χ2v) is 4.87. The van der Waals surface area contributed by atoms with Crippen molar-refractivity contribution in [3.63, 3.8) is 0 Å². The number of fused-ring (bicyclic) bond motifs is 1. The van der Waals surface area contributed by atoms with Crippen molar-refractivity contribution in [2.75, 3.05) is 0 Å². The highest BCUT2D eigenvalue weighted by Gasteiger charge is 2.33. The molecule has 1 heterocycles. The SMILES string of the molecule is CC(O)Cc1csc2c(C(F)(F)F)cccc12. The van der Waals surface area contributed by atoms with E-state index in [4.69, 9.17) is 0 Å². The van der Waals surface area contributed by atoms with E-state index < -0.39 is 17.8 Å². The number of aliphatic hydroxyl groups is 1. The number of thiophene rings is 1. The smallest absolute Gasteiger partial charge is 0.393 e. The van der Waals surface area contributed by atoms with Crippen LogP contribution in [0.25, 0.3) is 10.1 Å². The standard InChI is InChI=1S/C12H11F3OS/c1-7(16)5-8-6-17-11-9(8)3-2-4-10(11)12(13,14)15/h2-4,6-7,16H,5H2,1H3. The van der Waals surface area contributed by atoms with Gasteiger partial charge in [0.15, 0.2) is 0 Å². The third-order valence-corrected chi connectivity index (χ3v) is 3.58. The molecular formula is C12H11F3OS. The molecule has 17 heavy (non-hydrogen) atoms. The van der Waals surface area contributed by atoms with Gasteiger partial charge >= 0.3 is 6.18 Å². The molecule has 0 amide bonds. The number of aliphatic hydroxyl groups excluding tert-OH is 1. The van der Waals surface area contributed by atoms with E-state index >= 15 is 0 Å². The van der Waals surface area contributed by atoms with Gasteiger partial charge in [0.2, 0.25) is 0 Å². The Morgan fingerprint density at radius 3 is 2.65 bits per heavy atom. The van der Waals surface area contributed by atoms with Gasteiger partial charge in [0.05, 0.1) is 11.7 Å². The molecule has 0 saturated heterocycles. The van der Waals surface area contributed by atoms with Crippen LogP contribution in [0.1, 0.15) is 18.1 Å². The lowest BCUT2D eigenvalue weighted by Gasteiger charge is -2.08. The topological polar surface area (TPSA) is 20.2 Å². The van der Waals surface area contributed by atoms with Crippen molar-refractivity contribution in [2.45, 2.75) is 25.6 Å². The summed E-state index contributed by atoms with van der Waals surface area (Å²) in [6.07, 6.45) is -4.50. The molecule has 1 N–H and O–H groups in total. The molecule has 0 spiro atoms. The fraction of sp³-hybridized carbons (Fsp3) is 0.333. The highest BCUT2D eigenvalue weighted by atomic mass is 32.1. The van der Waals surface area contributed by atoms with Gasteiger partial charge in [-0.05, 0) is 35.7 Å². The van der Waals surface area contributed by atoms with Crippen molar-refractivity contribution in [2.24, 2.45) is 0 Å². The summed E-state index contributed by atoms with van der Waals surface area (Å²) in [7, 11) is 0. The fourth-order valence-electron chi connectivity index (χ4n) is 1.81. The van der Waals surface area contributed by atoms with Crippen molar-refractivity contribution in [1.82, 2.24) is 0 Å². The molecule has 0 aliphatic heterocycles. The Morgan fingerprint density at radius 1 is 1.35 bits per heavy atom. The summed E-state index contributed by atoms with van der Waals surface area (Å²) < 4.78 is 38.5. The van der Waals surface area contributed by atoms with Crippen LogP contribution >= 0.6 is 11.3 Å². The van der Waals surface area contributed by atoms with Gasteiger partial charge in [-0.3, -0.25) is 0 Å². The van der Waals surface area contributed by atoms with Crippen molar-refractivity contribution >= 4 is 21.4 Å². The second kappa shape index (κ2) is 4.31. The molecule has 0 bridgehead atoms. The number of hydrogen-bond acceptors (Lipinski definition) is 2. The van der Waals surface area contributed by atoms with Crippen molar-refractivity contribution in [3.05, 3.63) is 34.7 Å². The summed E-state index contributed by atoms with van der Waals surface area (Å²) in [5.41, 5.74) is 0.169. The van der Waals surface area contributed by atoms with Crippen LogP contribution in [-0.2, 0) is 12.6 Å². The molecule has 1 aromatic carbocycles. The molecule has 1 aromatic heterocycles. The molecule has 5 heteroatoms. The number of halogens is 3. The van der Waals surface area contributed by atoms with Crippen LogP contribution in [0.2, 0.25) is 0 Å². The lowest BCUT2D eigenvalue weighted by Crippen LogP contribution is -2.05. The molecule has 0 saturated carbocycles. The first-order valence-corrected chi connectivity index (χ1v) is 6.02. The first kappa shape index (κ1) is 12.4. The Balaban J connectivity index is 2.57. The maximum absolute atomic E-state index is 12.7. The largest absolute Gasteiger partial charge is 0.417 e. The molecule has 0 aliphatic rings. The van der Waals surface area contributed by atoms with Crippen molar-refractivity contribution < 1.29 is 18.3 Å². The fourth-order valence-corrected chi connectivity index (χ4v) is 2.93. The van der Waals surface area contributed by atoms with E-state index in [9.17, 15) is 18.3 Å². The van der Waals surface area contributed by atoms with Crippen molar-refractivity contribution in [3.8, 4) is 0 Å². The molecular weight excluding hydrogens is 249 g/mol. The summed E-state index contributed by atoms with van der Waals surface area (Å²) in [5.74, 6) is 0. The van der Waals surface area contributed by atoms with Gasteiger partial charge in [-0.2, -0.15) is 13.2 Å². The number of hydrogen-bond donors (Lipinski definition) is 1. The third kappa shape index (κ3) is 2.45. The molecule has 0 radical (unpaired) electrons. The first-order valence-electron chi connectivity index (χ1n) is 5.14. The molecule has 0 fully saturated rings. The molecule has 2 rings (SSSR count). The highest BCUT2D eigenvalue weighted by molar-refractivity contribution is 7.17. The minimum Gasteiger partial charge on any atom is -0.393 e. The summed E-state index contributed by atoms with van der Waals surface area (Å²) in [5, 5.41) is 11.6. The number of benzene rings is 1. The minimum atomic E-state index is -4.33. The van der Waals surface area contributed by atoms with Crippen LogP contribution in [0, 0.1) is 0 Å². The first-order chi connectivity index (χ1) is 7.89. The van der Waals surface area contributed by atoms with Gasteiger partial charge in [-0.1, -0.05) is 12.1 Å². The lowest BCUT2D eigenvalue weighted by molar-refractivity contribution is -0.136. The maximum Gasteiger partial charge on any atom is 0.417 e. The van der Waals surface area contributed by atoms with E-state index in [1.807, 2.05) is 0 Å². The maximum atomic E-state index is 12.7. The van der Waals surface area contributed by atoms with Crippen LogP contribution < -0.4 is 0 Å². The van der Waals surface area contributed by atoms with E-state index in [0.29, 0.717) is 11.8 Å². The van der Waals surface area contributed by atoms with Crippen LogP contribution in [-0.4, -0.2) is 11.2 Å². The average molecular weight is 260 g/mol. The molecule has 2 aromatic rings. The molecule has 1 atom stereocenters. The predicted octanol–water partition coefficient (Wildman–Crippen LogP) is 3.84. The highest BCUT2D eigenvalue weighted by Crippen LogP contribution is 2.38. The van der Waals surface area contributed by atoms with Gasteiger partial charge in [0.1, 0.15) is 0 Å². The zero-order chi connectivity index (χ0) is 12.6. The molecule has 0 aliphatic carbocycles. The Morgan fingerprint density at radius 2 is 2.06 bits per heavy atom. The zero-order valence-electron chi connectivity index (χ0n) is 9.08. The molecule has 1 nitrogen and oxygen atoms in total. The number of rotatable bonds is 2. The molecule has 92 valence electrons. The molecule has 1 unspecified atom stereocenters. The van der Waals surface area contributed by atoms with Gasteiger partial charge in [0, 0.05) is 4.70 Å². The van der Waals surface area contributed by atoms with E-state index in [1.54, 1.807) is 18.4 Å². The van der Waals surface area contributed by atoms with Crippen LogP contribution in [0.4, 0.5) is 13.2 Å². The van der Waals surface area contributed by atoms with Gasteiger partial charge < -0.3 is 5.11 Å². The lowest BCUT2D eigenvalue weighted by atomic mass is 10.1. The van der Waals surface area contributed by atoms with E-state index in [1.165, 1.54) is 6.07 Å². The van der Waals surface area contributed by atoms with Gasteiger partial charge in [-0.25, -0.2) is 0 Å². The van der Waals surface area contributed by atoms with Crippen LogP contribution in [0.5, 0.6) is 0 Å². The van der Waals surface area contributed by atoms with Gasteiger partial charge in [-0.15, -0.1) is 11.3 Å². The summed E-state index contributed by atoms with van der Waals surface area (Å²) >= 11 is 1.08. The van der Waals surface area contributed by atoms with E-state index in [2.05, 4.69) is 0 Å². The van der Waals surface area contributed by atoms with Gasteiger partial charge in [0.25, 0.3) is 0 Å².